The fourth-order valence-corrected chi connectivity index (χ4v) is 6.82. The highest BCUT2D eigenvalue weighted by Crippen LogP contribution is 2.38. The Morgan fingerprint density at radius 1 is 1.03 bits per heavy atom. The van der Waals surface area contributed by atoms with Gasteiger partial charge in [-0.05, 0) is 55.5 Å². The van der Waals surface area contributed by atoms with Gasteiger partial charge in [0.05, 0.1) is 25.5 Å². The van der Waals surface area contributed by atoms with E-state index in [1.165, 1.54) is 22.6 Å². The second kappa shape index (κ2) is 7.71. The molecule has 1 aromatic carbocycles. The standard InChI is InChI=1S/C22H17N3OS3/c23-12-14-13-6-2-1-3-8-16(13)28-21(14)25-20(26)18-10-11-19(27-18)22-24-15-7-4-5-9-17(15)29-22/h4-5,7,9-11H,1-3,6,8H2,(H,25,26). The lowest BCUT2D eigenvalue weighted by Crippen LogP contribution is -2.10. The van der Waals surface area contributed by atoms with Crippen LogP contribution < -0.4 is 5.32 Å². The first-order valence-electron chi connectivity index (χ1n) is 9.54. The second-order valence-corrected chi connectivity index (χ2v) is 10.2. The average Bonchev–Trinajstić information content (AvgIpc) is 3.41. The smallest absolute Gasteiger partial charge is 0.266 e. The van der Waals surface area contributed by atoms with Crippen molar-refractivity contribution in [1.29, 1.82) is 5.26 Å². The normalized spacial score (nSPS) is 13.6. The summed E-state index contributed by atoms with van der Waals surface area (Å²) in [6.07, 6.45) is 5.42. The zero-order valence-electron chi connectivity index (χ0n) is 15.5. The largest absolute Gasteiger partial charge is 0.312 e. The Morgan fingerprint density at radius 3 is 2.76 bits per heavy atom. The Morgan fingerprint density at radius 2 is 1.90 bits per heavy atom. The lowest BCUT2D eigenvalue weighted by molar-refractivity contribution is 0.103. The Balaban J connectivity index is 1.40. The molecule has 0 spiro atoms. The topological polar surface area (TPSA) is 65.8 Å². The van der Waals surface area contributed by atoms with E-state index in [2.05, 4.69) is 22.4 Å². The van der Waals surface area contributed by atoms with E-state index >= 15 is 0 Å². The second-order valence-electron chi connectivity index (χ2n) is 6.99. The number of nitriles is 1. The van der Waals surface area contributed by atoms with Crippen molar-refractivity contribution < 1.29 is 4.79 Å². The molecule has 0 saturated carbocycles. The number of carbonyl (C=O) groups is 1. The number of thiophene rings is 2. The maximum absolute atomic E-state index is 12.9. The molecule has 0 saturated heterocycles. The summed E-state index contributed by atoms with van der Waals surface area (Å²) in [7, 11) is 0. The maximum atomic E-state index is 12.9. The molecular formula is C22H17N3OS3. The fourth-order valence-electron chi connectivity index (χ4n) is 3.67. The molecule has 0 unspecified atom stereocenters. The predicted molar refractivity (Wildman–Crippen MR) is 121 cm³/mol. The molecule has 0 fully saturated rings. The van der Waals surface area contributed by atoms with Gasteiger partial charge in [0.25, 0.3) is 5.91 Å². The first kappa shape index (κ1) is 18.5. The molecule has 0 atom stereocenters. The van der Waals surface area contributed by atoms with Crippen LogP contribution in [0.3, 0.4) is 0 Å². The fraction of sp³-hybridized carbons (Fsp3) is 0.227. The van der Waals surface area contributed by atoms with E-state index in [1.54, 1.807) is 22.7 Å². The summed E-state index contributed by atoms with van der Waals surface area (Å²) in [6.45, 7) is 0. The minimum atomic E-state index is -0.157. The van der Waals surface area contributed by atoms with Crippen LogP contribution in [0.15, 0.2) is 36.4 Å². The third-order valence-electron chi connectivity index (χ3n) is 5.09. The molecule has 0 aliphatic heterocycles. The van der Waals surface area contributed by atoms with Crippen LogP contribution in [0.2, 0.25) is 0 Å². The number of nitrogens with one attached hydrogen (secondary N) is 1. The van der Waals surface area contributed by atoms with E-state index in [0.717, 1.165) is 51.3 Å². The summed E-state index contributed by atoms with van der Waals surface area (Å²) in [5.74, 6) is -0.157. The monoisotopic (exact) mass is 435 g/mol. The minimum absolute atomic E-state index is 0.157. The van der Waals surface area contributed by atoms with Crippen LogP contribution in [0.4, 0.5) is 5.00 Å². The van der Waals surface area contributed by atoms with Crippen LogP contribution in [-0.2, 0) is 12.8 Å². The highest BCUT2D eigenvalue weighted by molar-refractivity contribution is 7.26. The molecule has 1 aliphatic rings. The number of rotatable bonds is 3. The summed E-state index contributed by atoms with van der Waals surface area (Å²) in [4.78, 5) is 20.4. The Hall–Kier alpha value is -2.53. The number of fused-ring (bicyclic) bond motifs is 2. The van der Waals surface area contributed by atoms with Gasteiger partial charge in [-0.2, -0.15) is 5.26 Å². The molecule has 0 bridgehead atoms. The Labute approximate surface area is 180 Å². The molecule has 3 aromatic heterocycles. The quantitative estimate of drug-likeness (QED) is 0.375. The number of thiazole rings is 1. The molecule has 0 radical (unpaired) electrons. The van der Waals surface area contributed by atoms with Crippen molar-refractivity contribution in [3.8, 4) is 16.0 Å². The zero-order valence-corrected chi connectivity index (χ0v) is 18.0. The van der Waals surface area contributed by atoms with Crippen molar-refractivity contribution in [2.75, 3.05) is 5.32 Å². The molecule has 5 rings (SSSR count). The number of carbonyl (C=O) groups excluding carboxylic acids is 1. The third-order valence-corrected chi connectivity index (χ3v) is 8.59. The number of nitrogens with zero attached hydrogens (tertiary/aromatic N) is 2. The van der Waals surface area contributed by atoms with Crippen molar-refractivity contribution in [2.45, 2.75) is 32.1 Å². The SMILES string of the molecule is N#Cc1c(NC(=O)c2ccc(-c3nc4ccccc4s3)s2)sc2c1CCCCC2. The van der Waals surface area contributed by atoms with Crippen LogP contribution in [0.5, 0.6) is 0 Å². The van der Waals surface area contributed by atoms with Gasteiger partial charge in [-0.25, -0.2) is 4.98 Å². The highest BCUT2D eigenvalue weighted by atomic mass is 32.1. The van der Waals surface area contributed by atoms with Crippen molar-refractivity contribution in [2.24, 2.45) is 0 Å². The number of hydrogen-bond acceptors (Lipinski definition) is 6. The van der Waals surface area contributed by atoms with Gasteiger partial charge >= 0.3 is 0 Å². The summed E-state index contributed by atoms with van der Waals surface area (Å²) in [5, 5.41) is 14.3. The Bertz CT molecular complexity index is 1230. The predicted octanol–water partition coefficient (Wildman–Crippen LogP) is 6.48. The van der Waals surface area contributed by atoms with E-state index in [1.807, 2.05) is 30.3 Å². The first-order valence-corrected chi connectivity index (χ1v) is 12.0. The van der Waals surface area contributed by atoms with E-state index < -0.39 is 0 Å². The number of benzene rings is 1. The van der Waals surface area contributed by atoms with Gasteiger partial charge in [0.1, 0.15) is 16.1 Å². The van der Waals surface area contributed by atoms with Crippen LogP contribution in [-0.4, -0.2) is 10.9 Å². The number of aryl methyl sites for hydroxylation is 1. The van der Waals surface area contributed by atoms with E-state index in [-0.39, 0.29) is 5.91 Å². The van der Waals surface area contributed by atoms with Gasteiger partial charge < -0.3 is 5.32 Å². The first-order chi connectivity index (χ1) is 14.2. The summed E-state index contributed by atoms with van der Waals surface area (Å²) in [6, 6.07) is 14.2. The minimum Gasteiger partial charge on any atom is -0.312 e. The number of anilines is 1. The van der Waals surface area contributed by atoms with Gasteiger partial charge in [0, 0.05) is 4.88 Å². The molecule has 1 N–H and O–H groups in total. The molecule has 1 aliphatic carbocycles. The lowest BCUT2D eigenvalue weighted by Gasteiger charge is -2.02. The van der Waals surface area contributed by atoms with Crippen LogP contribution in [0, 0.1) is 11.3 Å². The maximum Gasteiger partial charge on any atom is 0.266 e. The molecule has 7 heteroatoms. The number of aromatic nitrogens is 1. The van der Waals surface area contributed by atoms with Crippen molar-refractivity contribution in [3.63, 3.8) is 0 Å². The summed E-state index contributed by atoms with van der Waals surface area (Å²) < 4.78 is 1.14. The molecule has 144 valence electrons. The van der Waals surface area contributed by atoms with E-state index in [9.17, 15) is 10.1 Å². The van der Waals surface area contributed by atoms with Crippen LogP contribution >= 0.6 is 34.0 Å². The van der Waals surface area contributed by atoms with Gasteiger partial charge in [0.2, 0.25) is 0 Å². The Kier molecular flexibility index (Phi) is 4.92. The van der Waals surface area contributed by atoms with E-state index in [4.69, 9.17) is 0 Å². The summed E-state index contributed by atoms with van der Waals surface area (Å²) in [5.41, 5.74) is 2.78. The van der Waals surface area contributed by atoms with Crippen LogP contribution in [0.1, 0.15) is 44.9 Å². The van der Waals surface area contributed by atoms with Crippen molar-refractivity contribution in [1.82, 2.24) is 4.98 Å². The molecular weight excluding hydrogens is 418 g/mol. The van der Waals surface area contributed by atoms with Crippen molar-refractivity contribution in [3.05, 3.63) is 57.3 Å². The average molecular weight is 436 g/mol. The lowest BCUT2D eigenvalue weighted by atomic mass is 10.1. The molecule has 4 aromatic rings. The molecule has 29 heavy (non-hydrogen) atoms. The van der Waals surface area contributed by atoms with E-state index in [0.29, 0.717) is 15.4 Å². The van der Waals surface area contributed by atoms with Crippen molar-refractivity contribution >= 4 is 55.1 Å². The molecule has 4 nitrogen and oxygen atoms in total. The third kappa shape index (κ3) is 3.48. The number of hydrogen-bond donors (Lipinski definition) is 1. The van der Waals surface area contributed by atoms with Gasteiger partial charge in [0.15, 0.2) is 0 Å². The molecule has 1 amide bonds. The molecule has 3 heterocycles. The van der Waals surface area contributed by atoms with Gasteiger partial charge in [-0.3, -0.25) is 4.79 Å². The highest BCUT2D eigenvalue weighted by Gasteiger charge is 2.22. The zero-order chi connectivity index (χ0) is 19.8. The number of amides is 1. The number of para-hydroxylation sites is 1. The van der Waals surface area contributed by atoms with Gasteiger partial charge in [-0.1, -0.05) is 18.6 Å². The summed E-state index contributed by atoms with van der Waals surface area (Å²) >= 11 is 4.64. The van der Waals surface area contributed by atoms with Crippen LogP contribution in [0.25, 0.3) is 20.1 Å². The van der Waals surface area contributed by atoms with Gasteiger partial charge in [-0.15, -0.1) is 34.0 Å².